The first-order chi connectivity index (χ1) is 17.9. The summed E-state index contributed by atoms with van der Waals surface area (Å²) in [5.74, 6) is -1.64. The minimum absolute atomic E-state index is 0.00426. The maximum absolute atomic E-state index is 13.1. The molecule has 2 amide bonds. The summed E-state index contributed by atoms with van der Waals surface area (Å²) in [6.45, 7) is 0.00426. The van der Waals surface area contributed by atoms with Gasteiger partial charge in [0.05, 0.1) is 21.1 Å². The molecule has 38 heavy (non-hydrogen) atoms. The van der Waals surface area contributed by atoms with E-state index in [4.69, 9.17) is 33.3 Å². The number of carbonyl (C=O) groups is 3. The number of benzene rings is 2. The number of alkyl halides is 3. The van der Waals surface area contributed by atoms with Gasteiger partial charge in [-0.05, 0) is 54.6 Å². The van der Waals surface area contributed by atoms with Crippen LogP contribution in [0.5, 0.6) is 0 Å². The van der Waals surface area contributed by atoms with E-state index < -0.39 is 29.5 Å². The van der Waals surface area contributed by atoms with Crippen LogP contribution in [0.3, 0.4) is 0 Å². The molecule has 0 bridgehead atoms. The molecular formula is C25H16ClF3N2O5S2. The Bertz CT molecular complexity index is 1470. The summed E-state index contributed by atoms with van der Waals surface area (Å²) >= 11 is 12.3. The molecule has 2 N–H and O–H groups in total. The first-order valence-corrected chi connectivity index (χ1v) is 12.4. The summed E-state index contributed by atoms with van der Waals surface area (Å²) in [5.41, 5.74) is -0.344. The largest absolute Gasteiger partial charge is 0.478 e. The molecule has 1 aliphatic rings. The molecular weight excluding hydrogens is 565 g/mol. The Morgan fingerprint density at radius 1 is 1.13 bits per heavy atom. The molecule has 3 aromatic rings. The molecule has 0 aliphatic carbocycles. The molecule has 0 atom stereocenters. The molecule has 4 rings (SSSR count). The fourth-order valence-corrected chi connectivity index (χ4v) is 4.92. The second kappa shape index (κ2) is 11.0. The summed E-state index contributed by atoms with van der Waals surface area (Å²) in [5, 5.41) is 11.6. The van der Waals surface area contributed by atoms with E-state index in [0.29, 0.717) is 5.69 Å². The number of hydrogen-bond acceptors (Lipinski definition) is 6. The number of thioether (sulfide) groups is 1. The zero-order valence-corrected chi connectivity index (χ0v) is 21.4. The maximum Gasteiger partial charge on any atom is 0.416 e. The minimum Gasteiger partial charge on any atom is -0.478 e. The molecule has 13 heteroatoms. The molecule has 196 valence electrons. The van der Waals surface area contributed by atoms with Crippen molar-refractivity contribution >= 4 is 69.4 Å². The van der Waals surface area contributed by atoms with Crippen molar-refractivity contribution in [2.24, 2.45) is 0 Å². The van der Waals surface area contributed by atoms with E-state index in [9.17, 15) is 27.6 Å². The van der Waals surface area contributed by atoms with Crippen molar-refractivity contribution < 1.29 is 37.1 Å². The van der Waals surface area contributed by atoms with Gasteiger partial charge in [0.2, 0.25) is 5.91 Å². The van der Waals surface area contributed by atoms with Crippen molar-refractivity contribution in [3.8, 4) is 11.3 Å². The first kappa shape index (κ1) is 27.4. The SMILES string of the molecule is O=C(CCN1C(=O)C(=Cc2ccc(-c3cc(C(F)(F)F)ccc3Cl)o2)SC1=S)Nc1ccc(C(=O)O)cc1. The third kappa shape index (κ3) is 6.26. The van der Waals surface area contributed by atoms with Gasteiger partial charge in [0.1, 0.15) is 15.8 Å². The smallest absolute Gasteiger partial charge is 0.416 e. The summed E-state index contributed by atoms with van der Waals surface area (Å²) in [6.07, 6.45) is -3.21. The second-order valence-electron chi connectivity index (χ2n) is 7.91. The summed E-state index contributed by atoms with van der Waals surface area (Å²) in [4.78, 5) is 37.5. The summed E-state index contributed by atoms with van der Waals surface area (Å²) < 4.78 is 45.1. The van der Waals surface area contributed by atoms with Crippen molar-refractivity contribution in [3.63, 3.8) is 0 Å². The Balaban J connectivity index is 1.41. The number of carbonyl (C=O) groups excluding carboxylic acids is 2. The second-order valence-corrected chi connectivity index (χ2v) is 9.99. The number of carboxylic acid groups (broad SMARTS) is 1. The molecule has 1 fully saturated rings. The number of rotatable bonds is 7. The Morgan fingerprint density at radius 2 is 1.84 bits per heavy atom. The third-order valence-corrected chi connectivity index (χ3v) is 7.02. The number of nitrogens with one attached hydrogen (secondary N) is 1. The van der Waals surface area contributed by atoms with E-state index in [1.54, 1.807) is 0 Å². The number of carboxylic acids is 1. The van der Waals surface area contributed by atoms with Crippen LogP contribution in [0.15, 0.2) is 63.9 Å². The topological polar surface area (TPSA) is 99.9 Å². The molecule has 1 aliphatic heterocycles. The van der Waals surface area contributed by atoms with Gasteiger partial charge >= 0.3 is 12.1 Å². The fraction of sp³-hybridized carbons (Fsp3) is 0.120. The van der Waals surface area contributed by atoms with Crippen LogP contribution < -0.4 is 5.32 Å². The number of hydrogen-bond donors (Lipinski definition) is 2. The van der Waals surface area contributed by atoms with Crippen molar-refractivity contribution in [2.45, 2.75) is 12.6 Å². The van der Waals surface area contributed by atoms with Gasteiger partial charge in [-0.25, -0.2) is 4.79 Å². The number of amides is 2. The highest BCUT2D eigenvalue weighted by Gasteiger charge is 2.33. The molecule has 2 heterocycles. The van der Waals surface area contributed by atoms with Crippen LogP contribution in [0.1, 0.15) is 28.1 Å². The number of aromatic carboxylic acids is 1. The lowest BCUT2D eigenvalue weighted by molar-refractivity contribution is -0.137. The quantitative estimate of drug-likeness (QED) is 0.241. The molecule has 1 saturated heterocycles. The number of furan rings is 1. The van der Waals surface area contributed by atoms with Crippen molar-refractivity contribution in [3.05, 3.63) is 81.4 Å². The zero-order valence-electron chi connectivity index (χ0n) is 19.0. The number of thiocarbonyl (C=S) groups is 1. The highest BCUT2D eigenvalue weighted by Crippen LogP contribution is 2.38. The Kier molecular flexibility index (Phi) is 7.95. The van der Waals surface area contributed by atoms with Crippen LogP contribution in [0.2, 0.25) is 5.02 Å². The van der Waals surface area contributed by atoms with Crippen molar-refractivity contribution in [2.75, 3.05) is 11.9 Å². The molecule has 7 nitrogen and oxygen atoms in total. The van der Waals surface area contributed by atoms with E-state index in [2.05, 4.69) is 5.32 Å². The monoisotopic (exact) mass is 580 g/mol. The molecule has 0 radical (unpaired) electrons. The normalized spacial score (nSPS) is 14.8. The van der Waals surface area contributed by atoms with Gasteiger partial charge in [-0.1, -0.05) is 35.6 Å². The van der Waals surface area contributed by atoms with Gasteiger partial charge < -0.3 is 14.8 Å². The van der Waals surface area contributed by atoms with Crippen LogP contribution in [0, 0.1) is 0 Å². The van der Waals surface area contributed by atoms with E-state index in [1.807, 2.05) is 0 Å². The molecule has 0 unspecified atom stereocenters. The average molecular weight is 581 g/mol. The third-order valence-electron chi connectivity index (χ3n) is 5.31. The first-order valence-electron chi connectivity index (χ1n) is 10.8. The van der Waals surface area contributed by atoms with E-state index >= 15 is 0 Å². The summed E-state index contributed by atoms with van der Waals surface area (Å²) in [6, 6.07) is 11.4. The van der Waals surface area contributed by atoms with Gasteiger partial charge in [0.15, 0.2) is 0 Å². The predicted octanol–water partition coefficient (Wildman–Crippen LogP) is 6.55. The highest BCUT2D eigenvalue weighted by molar-refractivity contribution is 8.26. The van der Waals surface area contributed by atoms with E-state index in [0.717, 1.165) is 30.0 Å². The maximum atomic E-state index is 13.1. The van der Waals surface area contributed by atoms with Gasteiger partial charge in [0, 0.05) is 30.3 Å². The van der Waals surface area contributed by atoms with Crippen LogP contribution in [-0.4, -0.2) is 38.7 Å². The highest BCUT2D eigenvalue weighted by atomic mass is 35.5. The van der Waals surface area contributed by atoms with Gasteiger partial charge in [-0.3, -0.25) is 14.5 Å². The van der Waals surface area contributed by atoms with Crippen molar-refractivity contribution in [1.29, 1.82) is 0 Å². The van der Waals surface area contributed by atoms with Gasteiger partial charge in [0.25, 0.3) is 5.91 Å². The number of anilines is 1. The van der Waals surface area contributed by atoms with Crippen LogP contribution in [0.25, 0.3) is 17.4 Å². The zero-order chi connectivity index (χ0) is 27.6. The van der Waals surface area contributed by atoms with Gasteiger partial charge in [-0.2, -0.15) is 13.2 Å². The van der Waals surface area contributed by atoms with Gasteiger partial charge in [-0.15, -0.1) is 0 Å². The summed E-state index contributed by atoms with van der Waals surface area (Å²) in [7, 11) is 0. The number of nitrogens with zero attached hydrogens (tertiary/aromatic N) is 1. The lowest BCUT2D eigenvalue weighted by Crippen LogP contribution is -2.31. The lowest BCUT2D eigenvalue weighted by atomic mass is 10.1. The molecule has 1 aromatic heterocycles. The van der Waals surface area contributed by atoms with Crippen LogP contribution >= 0.6 is 35.6 Å². The molecule has 0 spiro atoms. The Hall–Kier alpha value is -3.61. The fourth-order valence-electron chi connectivity index (χ4n) is 3.42. The van der Waals surface area contributed by atoms with E-state index in [1.165, 1.54) is 47.4 Å². The average Bonchev–Trinajstić information content (AvgIpc) is 3.41. The van der Waals surface area contributed by atoms with Crippen molar-refractivity contribution in [1.82, 2.24) is 4.90 Å². The Labute approximate surface area is 228 Å². The molecule has 2 aromatic carbocycles. The predicted molar refractivity (Wildman–Crippen MR) is 141 cm³/mol. The minimum atomic E-state index is -4.55. The molecule has 0 saturated carbocycles. The number of halogens is 4. The van der Waals surface area contributed by atoms with Crippen LogP contribution in [-0.2, 0) is 15.8 Å². The standard InChI is InChI=1S/C25H16ClF3N2O5S2/c26-18-7-3-14(25(27,28)29)11-17(18)19-8-6-16(36-19)12-20-22(33)31(24(37)38-20)10-9-21(32)30-15-4-1-13(2-5-15)23(34)35/h1-8,11-12H,9-10H2,(H,30,32)(H,34,35). The van der Waals surface area contributed by atoms with Crippen LogP contribution in [0.4, 0.5) is 18.9 Å². The van der Waals surface area contributed by atoms with E-state index in [-0.39, 0.29) is 49.9 Å². The Morgan fingerprint density at radius 3 is 2.50 bits per heavy atom. The lowest BCUT2D eigenvalue weighted by Gasteiger charge is -2.14.